The van der Waals surface area contributed by atoms with Crippen LogP contribution in [-0.2, 0) is 11.3 Å². The molecule has 0 spiro atoms. The number of benzene rings is 1. The Balaban J connectivity index is 1.86. The molecule has 0 aliphatic carbocycles. The Labute approximate surface area is 203 Å². The predicted molar refractivity (Wildman–Crippen MR) is 136 cm³/mol. The Morgan fingerprint density at radius 2 is 2.00 bits per heavy atom. The fourth-order valence-corrected chi connectivity index (χ4v) is 3.77. The maximum absolute atomic E-state index is 10.1. The molecule has 1 fully saturated rings. The summed E-state index contributed by atoms with van der Waals surface area (Å²) in [6.07, 6.45) is 6.71. The number of allylic oxidation sites excluding steroid dienone is 1. The molecule has 1 aliphatic heterocycles. The van der Waals surface area contributed by atoms with Crippen molar-refractivity contribution in [1.82, 2.24) is 15.0 Å². The molecule has 1 aliphatic rings. The van der Waals surface area contributed by atoms with Crippen molar-refractivity contribution >= 4 is 41.0 Å². The molecule has 9 nitrogen and oxygen atoms in total. The van der Waals surface area contributed by atoms with E-state index in [0.29, 0.717) is 65.6 Å². The highest BCUT2D eigenvalue weighted by molar-refractivity contribution is 6.35. The number of hydrogen-bond acceptors (Lipinski definition) is 9. The number of aliphatic imine (C=N–C) groups is 1. The minimum atomic E-state index is -0.185. The minimum absolute atomic E-state index is 0.185. The first-order valence-corrected chi connectivity index (χ1v) is 11.2. The van der Waals surface area contributed by atoms with E-state index in [1.807, 2.05) is 30.3 Å². The molecule has 34 heavy (non-hydrogen) atoms. The van der Waals surface area contributed by atoms with Crippen molar-refractivity contribution in [1.29, 1.82) is 0 Å². The number of ether oxygens (including phenoxy) is 1. The smallest absolute Gasteiger partial charge is 0.228 e. The van der Waals surface area contributed by atoms with Gasteiger partial charge in [-0.05, 0) is 35.4 Å². The molecule has 0 amide bonds. The highest BCUT2D eigenvalue weighted by Gasteiger charge is 2.22. The highest BCUT2D eigenvalue weighted by Crippen LogP contribution is 2.37. The van der Waals surface area contributed by atoms with Gasteiger partial charge in [0.05, 0.1) is 25.5 Å². The SMILES string of the molecule is CN=C/C=C(\N)c1ccc(CO)c(-c2nc(N3CCOCC3)nc(Nc3ccncc3)c2Cl)c1. The van der Waals surface area contributed by atoms with Crippen LogP contribution in [0.2, 0.25) is 5.02 Å². The van der Waals surface area contributed by atoms with Crippen LogP contribution in [0.4, 0.5) is 17.5 Å². The number of rotatable bonds is 7. The summed E-state index contributed by atoms with van der Waals surface area (Å²) in [6.45, 7) is 2.32. The first-order valence-electron chi connectivity index (χ1n) is 10.8. The van der Waals surface area contributed by atoms with Crippen molar-refractivity contribution in [2.45, 2.75) is 6.61 Å². The number of nitrogens with two attached hydrogens (primary N) is 1. The molecule has 0 unspecified atom stereocenters. The van der Waals surface area contributed by atoms with Gasteiger partial charge in [-0.1, -0.05) is 23.7 Å². The van der Waals surface area contributed by atoms with Crippen LogP contribution in [0, 0.1) is 0 Å². The largest absolute Gasteiger partial charge is 0.398 e. The zero-order valence-corrected chi connectivity index (χ0v) is 19.5. The summed E-state index contributed by atoms with van der Waals surface area (Å²) in [5.41, 5.74) is 10.2. The number of nitrogens with one attached hydrogen (secondary N) is 1. The first-order chi connectivity index (χ1) is 16.6. The lowest BCUT2D eigenvalue weighted by Gasteiger charge is -2.28. The fourth-order valence-electron chi connectivity index (χ4n) is 3.54. The van der Waals surface area contributed by atoms with E-state index in [4.69, 9.17) is 32.0 Å². The molecule has 0 radical (unpaired) electrons. The Morgan fingerprint density at radius 1 is 1.24 bits per heavy atom. The quantitative estimate of drug-likeness (QED) is 0.441. The van der Waals surface area contributed by atoms with Gasteiger partial charge in [-0.2, -0.15) is 4.98 Å². The Morgan fingerprint density at radius 3 is 2.71 bits per heavy atom. The number of aliphatic hydroxyl groups excluding tert-OH is 1. The molecular formula is C24H26ClN7O2. The molecule has 0 atom stereocenters. The van der Waals surface area contributed by atoms with Gasteiger partial charge in [0, 0.05) is 55.7 Å². The molecule has 1 aromatic carbocycles. The minimum Gasteiger partial charge on any atom is -0.398 e. The van der Waals surface area contributed by atoms with E-state index in [9.17, 15) is 5.11 Å². The van der Waals surface area contributed by atoms with E-state index in [1.54, 1.807) is 31.7 Å². The van der Waals surface area contributed by atoms with Gasteiger partial charge < -0.3 is 25.8 Å². The fraction of sp³-hybridized carbons (Fsp3) is 0.250. The summed E-state index contributed by atoms with van der Waals surface area (Å²) in [5, 5.41) is 13.7. The number of halogens is 1. The zero-order chi connectivity index (χ0) is 23.9. The van der Waals surface area contributed by atoms with Crippen molar-refractivity contribution < 1.29 is 9.84 Å². The van der Waals surface area contributed by atoms with E-state index >= 15 is 0 Å². The van der Waals surface area contributed by atoms with Crippen molar-refractivity contribution in [2.75, 3.05) is 43.6 Å². The molecule has 10 heteroatoms. The number of nitrogens with zero attached hydrogens (tertiary/aromatic N) is 5. The normalized spacial score (nSPS) is 14.6. The predicted octanol–water partition coefficient (Wildman–Crippen LogP) is 3.26. The van der Waals surface area contributed by atoms with Gasteiger partial charge >= 0.3 is 0 Å². The first kappa shape index (κ1) is 23.6. The van der Waals surface area contributed by atoms with Gasteiger partial charge in [0.2, 0.25) is 5.95 Å². The zero-order valence-electron chi connectivity index (χ0n) is 18.8. The van der Waals surface area contributed by atoms with Gasteiger partial charge in [0.15, 0.2) is 5.82 Å². The molecule has 2 aromatic heterocycles. The van der Waals surface area contributed by atoms with Gasteiger partial charge in [0.1, 0.15) is 5.02 Å². The molecule has 4 N–H and O–H groups in total. The van der Waals surface area contributed by atoms with Crippen LogP contribution >= 0.6 is 11.6 Å². The third kappa shape index (κ3) is 5.33. The van der Waals surface area contributed by atoms with Crippen molar-refractivity contribution in [3.05, 3.63) is 65.0 Å². The van der Waals surface area contributed by atoms with E-state index in [-0.39, 0.29) is 6.61 Å². The van der Waals surface area contributed by atoms with Crippen molar-refractivity contribution in [3.8, 4) is 11.3 Å². The number of morpholine rings is 1. The van der Waals surface area contributed by atoms with E-state index in [2.05, 4.69) is 20.2 Å². The highest BCUT2D eigenvalue weighted by atomic mass is 35.5. The van der Waals surface area contributed by atoms with Crippen molar-refractivity contribution in [3.63, 3.8) is 0 Å². The maximum Gasteiger partial charge on any atom is 0.228 e. The molecule has 4 rings (SSSR count). The lowest BCUT2D eigenvalue weighted by Crippen LogP contribution is -2.37. The number of aliphatic hydroxyl groups is 1. The van der Waals surface area contributed by atoms with Crippen LogP contribution in [0.5, 0.6) is 0 Å². The Bertz CT molecular complexity index is 1200. The molecule has 176 valence electrons. The van der Waals surface area contributed by atoms with Gasteiger partial charge in [-0.3, -0.25) is 9.98 Å². The molecular weight excluding hydrogens is 454 g/mol. The second kappa shape index (κ2) is 11.1. The number of hydrogen-bond donors (Lipinski definition) is 3. The number of aromatic nitrogens is 3. The topological polar surface area (TPSA) is 122 Å². The third-order valence-electron chi connectivity index (χ3n) is 5.35. The summed E-state index contributed by atoms with van der Waals surface area (Å²) in [5.74, 6) is 0.977. The van der Waals surface area contributed by atoms with Crippen LogP contribution in [0.3, 0.4) is 0 Å². The molecule has 3 heterocycles. The monoisotopic (exact) mass is 479 g/mol. The average Bonchev–Trinajstić information content (AvgIpc) is 2.89. The lowest BCUT2D eigenvalue weighted by atomic mass is 9.99. The summed E-state index contributed by atoms with van der Waals surface area (Å²) < 4.78 is 5.49. The maximum atomic E-state index is 10.1. The van der Waals surface area contributed by atoms with E-state index < -0.39 is 0 Å². The molecule has 1 saturated heterocycles. The number of pyridine rings is 1. The average molecular weight is 480 g/mol. The van der Waals surface area contributed by atoms with Gasteiger partial charge in [0.25, 0.3) is 0 Å². The molecule has 3 aromatic rings. The van der Waals surface area contributed by atoms with Crippen LogP contribution in [0.1, 0.15) is 11.1 Å². The lowest BCUT2D eigenvalue weighted by molar-refractivity contribution is 0.122. The summed E-state index contributed by atoms with van der Waals surface area (Å²) in [7, 11) is 1.68. The molecule has 0 saturated carbocycles. The van der Waals surface area contributed by atoms with Crippen molar-refractivity contribution in [2.24, 2.45) is 10.7 Å². The summed E-state index contributed by atoms with van der Waals surface area (Å²) in [4.78, 5) is 19.6. The van der Waals surface area contributed by atoms with E-state index in [1.165, 1.54) is 0 Å². The Hall–Kier alpha value is -3.53. The van der Waals surface area contributed by atoms with E-state index in [0.717, 1.165) is 11.3 Å². The van der Waals surface area contributed by atoms with Gasteiger partial charge in [-0.15, -0.1) is 0 Å². The van der Waals surface area contributed by atoms with Crippen LogP contribution in [0.25, 0.3) is 17.0 Å². The summed E-state index contributed by atoms with van der Waals surface area (Å²) >= 11 is 6.85. The standard InChI is InChI=1S/C24H26ClN7O2/c1-27-7-6-20(26)16-2-3-17(15-33)19(14-16)22-21(25)23(29-18-4-8-28-9-5-18)31-24(30-22)32-10-12-34-13-11-32/h2-9,14,33H,10-13,15,26H2,1H3,(H,28,29,30,31)/b20-6-,27-7?. The molecule has 0 bridgehead atoms. The second-order valence-electron chi connectivity index (χ2n) is 7.55. The van der Waals surface area contributed by atoms with Gasteiger partial charge in [-0.25, -0.2) is 4.98 Å². The third-order valence-corrected chi connectivity index (χ3v) is 5.71. The van der Waals surface area contributed by atoms with Crippen LogP contribution < -0.4 is 16.0 Å². The van der Waals surface area contributed by atoms with Crippen LogP contribution in [-0.4, -0.2) is 59.6 Å². The summed E-state index contributed by atoms with van der Waals surface area (Å²) in [6, 6.07) is 9.18. The van der Waals surface area contributed by atoms with Crippen LogP contribution in [0.15, 0.2) is 53.8 Å². The second-order valence-corrected chi connectivity index (χ2v) is 7.93. The Kier molecular flexibility index (Phi) is 7.69. The number of anilines is 3.